The molecule has 0 heterocycles. The highest BCUT2D eigenvalue weighted by Gasteiger charge is 2.09. The molecule has 1 N–H and O–H groups in total. The third-order valence-electron chi connectivity index (χ3n) is 2.95. The number of nitrogens with one attached hydrogen (secondary N) is 1. The standard InChI is InChI=1S/C17H15F2NO3S/c1-11(21)20-13-4-8-15(9-5-13)24-10-16(22)12-2-6-14(7-3-12)23-17(18)19/h2-9,17H,10H2,1H3,(H,20,21). The number of thioether (sulfide) groups is 1. The topological polar surface area (TPSA) is 55.4 Å². The lowest BCUT2D eigenvalue weighted by Crippen LogP contribution is -2.05. The van der Waals surface area contributed by atoms with Crippen LogP contribution in [0.25, 0.3) is 0 Å². The number of anilines is 1. The molecule has 0 saturated carbocycles. The summed E-state index contributed by atoms with van der Waals surface area (Å²) in [7, 11) is 0. The van der Waals surface area contributed by atoms with Crippen molar-refractivity contribution in [2.45, 2.75) is 18.4 Å². The second-order valence-corrected chi connectivity index (χ2v) is 5.87. The molecule has 0 aliphatic carbocycles. The smallest absolute Gasteiger partial charge is 0.387 e. The minimum Gasteiger partial charge on any atom is -0.435 e. The molecule has 0 unspecified atom stereocenters. The number of hydrogen-bond acceptors (Lipinski definition) is 4. The van der Waals surface area contributed by atoms with Gasteiger partial charge in [0.15, 0.2) is 5.78 Å². The van der Waals surface area contributed by atoms with Crippen LogP contribution in [0.2, 0.25) is 0 Å². The van der Waals surface area contributed by atoms with Crippen LogP contribution in [-0.4, -0.2) is 24.1 Å². The van der Waals surface area contributed by atoms with Crippen molar-refractivity contribution in [3.8, 4) is 5.75 Å². The van der Waals surface area contributed by atoms with Crippen molar-refractivity contribution < 1.29 is 23.1 Å². The van der Waals surface area contributed by atoms with E-state index in [1.165, 1.54) is 43.0 Å². The fourth-order valence-corrected chi connectivity index (χ4v) is 2.69. The number of hydrogen-bond donors (Lipinski definition) is 1. The molecule has 2 rings (SSSR count). The van der Waals surface area contributed by atoms with Crippen molar-refractivity contribution in [3.63, 3.8) is 0 Å². The van der Waals surface area contributed by atoms with Gasteiger partial charge in [0.2, 0.25) is 5.91 Å². The Hall–Kier alpha value is -2.41. The summed E-state index contributed by atoms with van der Waals surface area (Å²) in [6, 6.07) is 12.7. The number of halogens is 2. The zero-order valence-corrected chi connectivity index (χ0v) is 13.6. The quantitative estimate of drug-likeness (QED) is 0.599. The van der Waals surface area contributed by atoms with Gasteiger partial charge in [0.1, 0.15) is 5.75 Å². The van der Waals surface area contributed by atoms with E-state index in [0.717, 1.165) is 4.90 Å². The van der Waals surface area contributed by atoms with Gasteiger partial charge in [0.05, 0.1) is 5.75 Å². The van der Waals surface area contributed by atoms with Crippen molar-refractivity contribution in [1.29, 1.82) is 0 Å². The molecule has 7 heteroatoms. The van der Waals surface area contributed by atoms with Gasteiger partial charge in [0, 0.05) is 23.1 Å². The molecule has 0 fully saturated rings. The molecular formula is C17H15F2NO3S. The largest absolute Gasteiger partial charge is 0.435 e. The fourth-order valence-electron chi connectivity index (χ4n) is 1.89. The molecule has 0 radical (unpaired) electrons. The summed E-state index contributed by atoms with van der Waals surface area (Å²) in [5, 5.41) is 2.66. The molecule has 0 aliphatic heterocycles. The molecule has 0 bridgehead atoms. The zero-order valence-electron chi connectivity index (χ0n) is 12.8. The number of rotatable bonds is 7. The van der Waals surface area contributed by atoms with Crippen LogP contribution in [-0.2, 0) is 4.79 Å². The average molecular weight is 351 g/mol. The summed E-state index contributed by atoms with van der Waals surface area (Å²) in [5.74, 6) is -0.0312. The van der Waals surface area contributed by atoms with Crippen LogP contribution < -0.4 is 10.1 Å². The Morgan fingerprint density at radius 3 is 2.25 bits per heavy atom. The Labute approximate surface area is 142 Å². The van der Waals surface area contributed by atoms with Crippen LogP contribution in [0.3, 0.4) is 0 Å². The van der Waals surface area contributed by atoms with E-state index >= 15 is 0 Å². The number of amides is 1. The van der Waals surface area contributed by atoms with Crippen LogP contribution >= 0.6 is 11.8 Å². The van der Waals surface area contributed by atoms with Crippen molar-refractivity contribution in [3.05, 3.63) is 54.1 Å². The normalized spacial score (nSPS) is 10.5. The van der Waals surface area contributed by atoms with Gasteiger partial charge >= 0.3 is 6.61 Å². The maximum Gasteiger partial charge on any atom is 0.387 e. The predicted molar refractivity (Wildman–Crippen MR) is 88.9 cm³/mol. The SMILES string of the molecule is CC(=O)Nc1ccc(SCC(=O)c2ccc(OC(F)F)cc2)cc1. The van der Waals surface area contributed by atoms with Crippen LogP contribution in [0.1, 0.15) is 17.3 Å². The Morgan fingerprint density at radius 1 is 1.08 bits per heavy atom. The van der Waals surface area contributed by atoms with E-state index in [9.17, 15) is 18.4 Å². The summed E-state index contributed by atoms with van der Waals surface area (Å²) in [4.78, 5) is 23.9. The van der Waals surface area contributed by atoms with E-state index in [1.54, 1.807) is 12.1 Å². The lowest BCUT2D eigenvalue weighted by Gasteiger charge is -2.06. The molecule has 2 aromatic rings. The lowest BCUT2D eigenvalue weighted by atomic mass is 10.1. The van der Waals surface area contributed by atoms with E-state index in [2.05, 4.69) is 10.1 Å². The highest BCUT2D eigenvalue weighted by Crippen LogP contribution is 2.22. The summed E-state index contributed by atoms with van der Waals surface area (Å²) >= 11 is 1.35. The summed E-state index contributed by atoms with van der Waals surface area (Å²) < 4.78 is 28.4. The van der Waals surface area contributed by atoms with Gasteiger partial charge in [-0.2, -0.15) is 8.78 Å². The molecular weight excluding hydrogens is 336 g/mol. The Kier molecular flexibility index (Phi) is 6.31. The Morgan fingerprint density at radius 2 is 1.71 bits per heavy atom. The van der Waals surface area contributed by atoms with E-state index in [0.29, 0.717) is 11.3 Å². The number of carbonyl (C=O) groups is 2. The van der Waals surface area contributed by atoms with Crippen molar-refractivity contribution in [2.75, 3.05) is 11.1 Å². The molecule has 126 valence electrons. The van der Waals surface area contributed by atoms with Crippen LogP contribution in [0.4, 0.5) is 14.5 Å². The maximum atomic E-state index is 12.1. The molecule has 24 heavy (non-hydrogen) atoms. The molecule has 0 aromatic heterocycles. The minimum absolute atomic E-state index is 0.0164. The van der Waals surface area contributed by atoms with Crippen LogP contribution in [0.5, 0.6) is 5.75 Å². The summed E-state index contributed by atoms with van der Waals surface area (Å²) in [6.07, 6.45) is 0. The fraction of sp³-hybridized carbons (Fsp3) is 0.176. The number of ether oxygens (including phenoxy) is 1. The predicted octanol–water partition coefficient (Wildman–Crippen LogP) is 4.22. The second kappa shape index (κ2) is 8.44. The molecule has 0 spiro atoms. The monoisotopic (exact) mass is 351 g/mol. The first kappa shape index (κ1) is 17.9. The first-order chi connectivity index (χ1) is 11.4. The van der Waals surface area contributed by atoms with Gasteiger partial charge in [-0.25, -0.2) is 0 Å². The molecule has 0 saturated heterocycles. The average Bonchev–Trinajstić information content (AvgIpc) is 2.53. The van der Waals surface area contributed by atoms with Crippen molar-refractivity contribution in [1.82, 2.24) is 0 Å². The number of ketones is 1. The van der Waals surface area contributed by atoms with E-state index in [1.807, 2.05) is 12.1 Å². The molecule has 0 aliphatic rings. The molecule has 0 atom stereocenters. The number of benzene rings is 2. The second-order valence-electron chi connectivity index (χ2n) is 4.82. The van der Waals surface area contributed by atoms with E-state index < -0.39 is 6.61 Å². The lowest BCUT2D eigenvalue weighted by molar-refractivity contribution is -0.114. The Bertz CT molecular complexity index is 703. The Balaban J connectivity index is 1.89. The first-order valence-electron chi connectivity index (χ1n) is 7.02. The highest BCUT2D eigenvalue weighted by atomic mass is 32.2. The van der Waals surface area contributed by atoms with Gasteiger partial charge in [-0.15, -0.1) is 11.8 Å². The van der Waals surface area contributed by atoms with Gasteiger partial charge in [-0.3, -0.25) is 9.59 Å². The third kappa shape index (κ3) is 5.66. The number of alkyl halides is 2. The molecule has 2 aromatic carbocycles. The van der Waals surface area contributed by atoms with Crippen LogP contribution in [0.15, 0.2) is 53.4 Å². The van der Waals surface area contributed by atoms with Gasteiger partial charge < -0.3 is 10.1 Å². The summed E-state index contributed by atoms with van der Waals surface area (Å²) in [6.45, 7) is -1.46. The minimum atomic E-state index is -2.89. The third-order valence-corrected chi connectivity index (χ3v) is 3.96. The van der Waals surface area contributed by atoms with E-state index in [4.69, 9.17) is 0 Å². The summed E-state index contributed by atoms with van der Waals surface area (Å²) in [5.41, 5.74) is 1.12. The molecule has 1 amide bonds. The molecule has 4 nitrogen and oxygen atoms in total. The highest BCUT2D eigenvalue weighted by molar-refractivity contribution is 8.00. The first-order valence-corrected chi connectivity index (χ1v) is 8.01. The maximum absolute atomic E-state index is 12.1. The zero-order chi connectivity index (χ0) is 17.5. The van der Waals surface area contributed by atoms with E-state index in [-0.39, 0.29) is 23.2 Å². The van der Waals surface area contributed by atoms with Gasteiger partial charge in [-0.05, 0) is 48.5 Å². The number of carbonyl (C=O) groups excluding carboxylic acids is 2. The number of Topliss-reactive ketones (excluding diaryl/α,β-unsaturated/α-hetero) is 1. The van der Waals surface area contributed by atoms with Gasteiger partial charge in [-0.1, -0.05) is 0 Å². The van der Waals surface area contributed by atoms with Crippen LogP contribution in [0, 0.1) is 0 Å². The van der Waals surface area contributed by atoms with Crippen molar-refractivity contribution in [2.24, 2.45) is 0 Å². The van der Waals surface area contributed by atoms with Gasteiger partial charge in [0.25, 0.3) is 0 Å². The van der Waals surface area contributed by atoms with Crippen molar-refractivity contribution >= 4 is 29.1 Å².